The Morgan fingerprint density at radius 3 is 2.35 bits per heavy atom. The summed E-state index contributed by atoms with van der Waals surface area (Å²) in [7, 11) is 2.00. The summed E-state index contributed by atoms with van der Waals surface area (Å²) in [5.74, 6) is 2.06. The second-order valence-electron chi connectivity index (χ2n) is 5.01. The molecule has 0 N–H and O–H groups in total. The molecular formula is C15H17BrCl2N2. The highest BCUT2D eigenvalue weighted by Crippen LogP contribution is 2.33. The molecule has 2 nitrogen and oxygen atoms in total. The van der Waals surface area contributed by atoms with Gasteiger partial charge in [0.15, 0.2) is 0 Å². The van der Waals surface area contributed by atoms with Crippen LogP contribution in [0, 0.1) is 0 Å². The minimum atomic E-state index is -0.213. The lowest BCUT2D eigenvalue weighted by Gasteiger charge is -2.30. The molecule has 0 atom stereocenters. The summed E-state index contributed by atoms with van der Waals surface area (Å²) in [5.41, 5.74) is 0.968. The van der Waals surface area contributed by atoms with Crippen LogP contribution in [-0.2, 0) is 18.9 Å². The number of aryl methyl sites for hydroxylation is 2. The van der Waals surface area contributed by atoms with Crippen molar-refractivity contribution in [3.8, 4) is 0 Å². The molecule has 0 aliphatic rings. The van der Waals surface area contributed by atoms with E-state index in [1.807, 2.05) is 36.1 Å². The van der Waals surface area contributed by atoms with Crippen LogP contribution in [0.4, 0.5) is 0 Å². The van der Waals surface area contributed by atoms with E-state index in [0.29, 0.717) is 11.8 Å². The largest absolute Gasteiger partial charge is 0.338 e. The van der Waals surface area contributed by atoms with Crippen LogP contribution in [0.3, 0.4) is 0 Å². The Hall–Kier alpha value is -0.510. The van der Waals surface area contributed by atoms with Crippen molar-refractivity contribution in [1.82, 2.24) is 9.55 Å². The smallest absolute Gasteiger partial charge is 0.108 e. The summed E-state index contributed by atoms with van der Waals surface area (Å²) in [6.07, 6.45) is 5.52. The molecule has 0 saturated heterocycles. The van der Waals surface area contributed by atoms with Gasteiger partial charge in [-0.3, -0.25) is 0 Å². The van der Waals surface area contributed by atoms with Crippen molar-refractivity contribution in [3.05, 3.63) is 52.5 Å². The van der Waals surface area contributed by atoms with Gasteiger partial charge in [0.05, 0.1) is 0 Å². The zero-order valence-corrected chi connectivity index (χ0v) is 14.4. The normalized spacial score (nSPS) is 11.8. The van der Waals surface area contributed by atoms with E-state index in [1.165, 1.54) is 5.56 Å². The van der Waals surface area contributed by atoms with E-state index in [4.69, 9.17) is 23.2 Å². The Kier molecular flexibility index (Phi) is 5.53. The fourth-order valence-electron chi connectivity index (χ4n) is 2.26. The average molecular weight is 376 g/mol. The van der Waals surface area contributed by atoms with Gasteiger partial charge in [0.25, 0.3) is 0 Å². The Morgan fingerprint density at radius 1 is 1.20 bits per heavy atom. The van der Waals surface area contributed by atoms with Crippen LogP contribution in [0.1, 0.15) is 17.8 Å². The summed E-state index contributed by atoms with van der Waals surface area (Å²) in [6.45, 7) is 0. The molecule has 0 aliphatic heterocycles. The van der Waals surface area contributed by atoms with Crippen LogP contribution in [-0.4, -0.2) is 21.3 Å². The fourth-order valence-corrected chi connectivity index (χ4v) is 3.39. The van der Waals surface area contributed by atoms with E-state index < -0.39 is 0 Å². The highest BCUT2D eigenvalue weighted by atomic mass is 79.9. The van der Waals surface area contributed by atoms with Gasteiger partial charge in [-0.2, -0.15) is 0 Å². The number of aromatic nitrogens is 2. The highest BCUT2D eigenvalue weighted by Gasteiger charge is 2.30. The molecule has 1 aromatic carbocycles. The fraction of sp³-hybridized carbons (Fsp3) is 0.400. The predicted molar refractivity (Wildman–Crippen MR) is 88.8 cm³/mol. The maximum atomic E-state index is 6.26. The first-order chi connectivity index (χ1) is 9.61. The molecule has 5 heteroatoms. The van der Waals surface area contributed by atoms with Crippen molar-refractivity contribution < 1.29 is 0 Å². The number of rotatable bonds is 6. The quantitative estimate of drug-likeness (QED) is 0.678. The summed E-state index contributed by atoms with van der Waals surface area (Å²) in [6, 6.07) is 8.24. The molecule has 2 rings (SSSR count). The molecular weight excluding hydrogens is 359 g/mol. The van der Waals surface area contributed by atoms with E-state index in [-0.39, 0.29) is 5.41 Å². The Labute approximate surface area is 138 Å². The monoisotopic (exact) mass is 374 g/mol. The average Bonchev–Trinajstić information content (AvgIpc) is 2.88. The molecule has 20 heavy (non-hydrogen) atoms. The summed E-state index contributed by atoms with van der Waals surface area (Å²) in [4.78, 5) is 4.36. The standard InChI is InChI=1S/C15H17BrCl2N2/c1-20-9-8-19-14(20)6-7-15(10-17,11-18)12-2-4-13(16)5-3-12/h2-5,8-9H,6-7,10-11H2,1H3. The lowest BCUT2D eigenvalue weighted by Crippen LogP contribution is -2.31. The van der Waals surface area contributed by atoms with Gasteiger partial charge in [-0.1, -0.05) is 28.1 Å². The lowest BCUT2D eigenvalue weighted by molar-refractivity contribution is 0.482. The predicted octanol–water partition coefficient (Wildman–Crippen LogP) is 4.53. The number of halogens is 3. The van der Waals surface area contributed by atoms with Crippen LogP contribution in [0.15, 0.2) is 41.1 Å². The van der Waals surface area contributed by atoms with Gasteiger partial charge >= 0.3 is 0 Å². The van der Waals surface area contributed by atoms with Crippen LogP contribution in [0.25, 0.3) is 0 Å². The highest BCUT2D eigenvalue weighted by molar-refractivity contribution is 9.10. The van der Waals surface area contributed by atoms with E-state index >= 15 is 0 Å². The van der Waals surface area contributed by atoms with Gasteiger partial charge in [-0.15, -0.1) is 23.2 Å². The van der Waals surface area contributed by atoms with E-state index in [2.05, 4.69) is 33.0 Å². The number of imidazole rings is 1. The first kappa shape index (κ1) is 15.9. The van der Waals surface area contributed by atoms with Crippen LogP contribution in [0.5, 0.6) is 0 Å². The number of alkyl halides is 2. The first-order valence-corrected chi connectivity index (χ1v) is 8.32. The van der Waals surface area contributed by atoms with Gasteiger partial charge in [0.1, 0.15) is 5.82 Å². The summed E-state index contributed by atoms with van der Waals surface area (Å²) >= 11 is 16.0. The van der Waals surface area contributed by atoms with Crippen LogP contribution < -0.4 is 0 Å². The topological polar surface area (TPSA) is 17.8 Å². The van der Waals surface area contributed by atoms with Crippen molar-refractivity contribution in [1.29, 1.82) is 0 Å². The molecule has 0 aliphatic carbocycles. The number of hydrogen-bond donors (Lipinski definition) is 0. The number of hydrogen-bond acceptors (Lipinski definition) is 1. The van der Waals surface area contributed by atoms with Crippen LogP contribution in [0.2, 0.25) is 0 Å². The molecule has 108 valence electrons. The Bertz CT molecular complexity index is 547. The van der Waals surface area contributed by atoms with Crippen molar-refractivity contribution in [3.63, 3.8) is 0 Å². The molecule has 1 heterocycles. The number of benzene rings is 1. The van der Waals surface area contributed by atoms with Crippen molar-refractivity contribution in [2.75, 3.05) is 11.8 Å². The van der Waals surface area contributed by atoms with Gasteiger partial charge in [-0.05, 0) is 24.1 Å². The van der Waals surface area contributed by atoms with Crippen molar-refractivity contribution in [2.24, 2.45) is 7.05 Å². The molecule has 0 saturated carbocycles. The van der Waals surface area contributed by atoms with E-state index in [9.17, 15) is 0 Å². The van der Waals surface area contributed by atoms with E-state index in [1.54, 1.807) is 0 Å². The molecule has 0 fully saturated rings. The first-order valence-electron chi connectivity index (χ1n) is 6.45. The molecule has 1 aromatic heterocycles. The van der Waals surface area contributed by atoms with Gasteiger partial charge in [-0.25, -0.2) is 4.98 Å². The van der Waals surface area contributed by atoms with Gasteiger partial charge in [0, 0.05) is 47.5 Å². The second-order valence-corrected chi connectivity index (χ2v) is 6.46. The van der Waals surface area contributed by atoms with Crippen molar-refractivity contribution in [2.45, 2.75) is 18.3 Å². The maximum absolute atomic E-state index is 6.26. The third-order valence-electron chi connectivity index (χ3n) is 3.72. The maximum Gasteiger partial charge on any atom is 0.108 e. The summed E-state index contributed by atoms with van der Waals surface area (Å²) in [5, 5.41) is 0. The Morgan fingerprint density at radius 2 is 1.85 bits per heavy atom. The third kappa shape index (κ3) is 3.38. The summed E-state index contributed by atoms with van der Waals surface area (Å²) < 4.78 is 3.10. The minimum absolute atomic E-state index is 0.213. The molecule has 0 unspecified atom stereocenters. The molecule has 0 amide bonds. The van der Waals surface area contributed by atoms with Gasteiger partial charge in [0.2, 0.25) is 0 Å². The second kappa shape index (κ2) is 6.97. The Balaban J connectivity index is 2.21. The van der Waals surface area contributed by atoms with E-state index in [0.717, 1.165) is 23.1 Å². The van der Waals surface area contributed by atoms with Crippen LogP contribution >= 0.6 is 39.1 Å². The van der Waals surface area contributed by atoms with Crippen molar-refractivity contribution >= 4 is 39.1 Å². The molecule has 0 bridgehead atoms. The molecule has 0 radical (unpaired) electrons. The number of nitrogens with zero attached hydrogens (tertiary/aromatic N) is 2. The van der Waals surface area contributed by atoms with Gasteiger partial charge < -0.3 is 4.57 Å². The third-order valence-corrected chi connectivity index (χ3v) is 5.27. The molecule has 2 aromatic rings. The molecule has 0 spiro atoms. The zero-order valence-electron chi connectivity index (χ0n) is 11.3. The zero-order chi connectivity index (χ0) is 14.6. The lowest BCUT2D eigenvalue weighted by atomic mass is 9.80. The SMILES string of the molecule is Cn1ccnc1CCC(CCl)(CCl)c1ccc(Br)cc1. The minimum Gasteiger partial charge on any atom is -0.338 e.